The molecule has 1 amide bonds. The van der Waals surface area contributed by atoms with Crippen molar-refractivity contribution in [2.24, 2.45) is 0 Å². The Kier molecular flexibility index (Phi) is 7.74. The highest BCUT2D eigenvalue weighted by Crippen LogP contribution is 2.14. The van der Waals surface area contributed by atoms with Crippen molar-refractivity contribution in [3.8, 4) is 0 Å². The number of nitrogens with one attached hydrogen (secondary N) is 1. The third-order valence-corrected chi connectivity index (χ3v) is 6.50. The molecule has 0 aliphatic carbocycles. The molecule has 6 nitrogen and oxygen atoms in total. The number of rotatable bonds is 9. The monoisotopic (exact) mass is 403 g/mol. The molecule has 0 saturated heterocycles. The maximum atomic E-state index is 12.3. The SMILES string of the molecule is CCN(CC)Cc1ccc(CNC(=O)c2ccc(S(=O)(=O)N(C)C)cc2)cc1. The van der Waals surface area contributed by atoms with Gasteiger partial charge in [-0.15, -0.1) is 0 Å². The van der Waals surface area contributed by atoms with Gasteiger partial charge in [-0.1, -0.05) is 38.1 Å². The van der Waals surface area contributed by atoms with Crippen LogP contribution in [0.2, 0.25) is 0 Å². The first-order chi connectivity index (χ1) is 13.3. The van der Waals surface area contributed by atoms with E-state index in [4.69, 9.17) is 0 Å². The molecular formula is C21H29N3O3S. The number of carbonyl (C=O) groups excluding carboxylic acids is 1. The zero-order chi connectivity index (χ0) is 20.7. The van der Waals surface area contributed by atoms with Crippen molar-refractivity contribution >= 4 is 15.9 Å². The predicted octanol–water partition coefficient (Wildman–Crippen LogP) is 2.71. The fourth-order valence-corrected chi connectivity index (χ4v) is 3.64. The van der Waals surface area contributed by atoms with E-state index in [0.717, 1.165) is 29.5 Å². The van der Waals surface area contributed by atoms with Crippen LogP contribution in [0.4, 0.5) is 0 Å². The lowest BCUT2D eigenvalue weighted by atomic mass is 10.1. The maximum absolute atomic E-state index is 12.3. The fraction of sp³-hybridized carbons (Fsp3) is 0.381. The normalized spacial score (nSPS) is 11.8. The Labute approximate surface area is 168 Å². The summed E-state index contributed by atoms with van der Waals surface area (Å²) in [6, 6.07) is 14.2. The van der Waals surface area contributed by atoms with Gasteiger partial charge in [0.1, 0.15) is 0 Å². The second-order valence-electron chi connectivity index (χ2n) is 6.77. The van der Waals surface area contributed by atoms with Gasteiger partial charge in [0.05, 0.1) is 4.90 Å². The summed E-state index contributed by atoms with van der Waals surface area (Å²) in [6.45, 7) is 7.67. The summed E-state index contributed by atoms with van der Waals surface area (Å²) in [7, 11) is -0.542. The van der Waals surface area contributed by atoms with Crippen molar-refractivity contribution in [1.82, 2.24) is 14.5 Å². The Morgan fingerprint density at radius 2 is 1.43 bits per heavy atom. The van der Waals surface area contributed by atoms with Crippen LogP contribution in [0, 0.1) is 0 Å². The maximum Gasteiger partial charge on any atom is 0.251 e. The first kappa shape index (κ1) is 22.1. The Balaban J connectivity index is 1.95. The van der Waals surface area contributed by atoms with Crippen LogP contribution in [0.3, 0.4) is 0 Å². The van der Waals surface area contributed by atoms with E-state index >= 15 is 0 Å². The molecule has 0 atom stereocenters. The number of sulfonamides is 1. The molecule has 0 aromatic heterocycles. The Bertz CT molecular complexity index is 872. The van der Waals surface area contributed by atoms with E-state index in [1.807, 2.05) is 12.1 Å². The van der Waals surface area contributed by atoms with Crippen LogP contribution in [-0.4, -0.2) is 50.7 Å². The van der Waals surface area contributed by atoms with E-state index in [1.165, 1.54) is 43.9 Å². The molecule has 1 N–H and O–H groups in total. The fourth-order valence-electron chi connectivity index (χ4n) is 2.74. The molecule has 0 bridgehead atoms. The molecule has 2 aromatic carbocycles. The van der Waals surface area contributed by atoms with Gasteiger partial charge in [0.25, 0.3) is 5.91 Å². The van der Waals surface area contributed by atoms with Crippen LogP contribution in [0.25, 0.3) is 0 Å². The standard InChI is InChI=1S/C21H29N3O3S/c1-5-24(6-2)16-18-9-7-17(8-10-18)15-22-21(25)19-11-13-20(14-12-19)28(26,27)23(3)4/h7-14H,5-6,15-16H2,1-4H3,(H,22,25). The Morgan fingerprint density at radius 1 is 0.893 bits per heavy atom. The van der Waals surface area contributed by atoms with E-state index in [2.05, 4.69) is 36.2 Å². The molecule has 0 aliphatic rings. The highest BCUT2D eigenvalue weighted by molar-refractivity contribution is 7.89. The van der Waals surface area contributed by atoms with Gasteiger partial charge in [0, 0.05) is 32.7 Å². The van der Waals surface area contributed by atoms with Gasteiger partial charge < -0.3 is 5.32 Å². The van der Waals surface area contributed by atoms with Gasteiger partial charge in [-0.05, 0) is 48.5 Å². The summed E-state index contributed by atoms with van der Waals surface area (Å²) < 4.78 is 25.3. The molecule has 0 fully saturated rings. The van der Waals surface area contributed by atoms with Crippen LogP contribution >= 0.6 is 0 Å². The molecule has 28 heavy (non-hydrogen) atoms. The van der Waals surface area contributed by atoms with E-state index in [0.29, 0.717) is 12.1 Å². The minimum atomic E-state index is -3.49. The number of hydrogen-bond donors (Lipinski definition) is 1. The van der Waals surface area contributed by atoms with Gasteiger partial charge in [-0.3, -0.25) is 9.69 Å². The van der Waals surface area contributed by atoms with E-state index < -0.39 is 10.0 Å². The zero-order valence-corrected chi connectivity index (χ0v) is 17.8. The lowest BCUT2D eigenvalue weighted by molar-refractivity contribution is 0.0951. The summed E-state index contributed by atoms with van der Waals surface area (Å²) in [6.07, 6.45) is 0. The van der Waals surface area contributed by atoms with Crippen LogP contribution in [0.15, 0.2) is 53.4 Å². The molecule has 0 radical (unpaired) electrons. The molecule has 0 spiro atoms. The molecule has 2 rings (SSSR count). The number of benzene rings is 2. The Hall–Kier alpha value is -2.22. The van der Waals surface area contributed by atoms with Gasteiger partial charge in [0.2, 0.25) is 10.0 Å². The summed E-state index contributed by atoms with van der Waals surface area (Å²) in [4.78, 5) is 14.8. The Morgan fingerprint density at radius 3 is 1.93 bits per heavy atom. The summed E-state index contributed by atoms with van der Waals surface area (Å²) in [5.41, 5.74) is 2.69. The van der Waals surface area contributed by atoms with E-state index in [9.17, 15) is 13.2 Å². The van der Waals surface area contributed by atoms with Crippen molar-refractivity contribution in [2.45, 2.75) is 31.8 Å². The van der Waals surface area contributed by atoms with Gasteiger partial charge in [-0.2, -0.15) is 0 Å². The van der Waals surface area contributed by atoms with Crippen molar-refractivity contribution in [1.29, 1.82) is 0 Å². The first-order valence-electron chi connectivity index (χ1n) is 9.38. The van der Waals surface area contributed by atoms with Crippen LogP contribution in [-0.2, 0) is 23.1 Å². The minimum absolute atomic E-state index is 0.165. The molecule has 2 aromatic rings. The average Bonchev–Trinajstić information content (AvgIpc) is 2.71. The van der Waals surface area contributed by atoms with Gasteiger partial charge in [-0.25, -0.2) is 12.7 Å². The van der Waals surface area contributed by atoms with Crippen molar-refractivity contribution in [2.75, 3.05) is 27.2 Å². The average molecular weight is 404 g/mol. The number of carbonyl (C=O) groups is 1. The third kappa shape index (κ3) is 5.64. The number of hydrogen-bond acceptors (Lipinski definition) is 4. The number of amides is 1. The van der Waals surface area contributed by atoms with Crippen molar-refractivity contribution in [3.05, 3.63) is 65.2 Å². The van der Waals surface area contributed by atoms with Crippen LogP contribution in [0.1, 0.15) is 35.3 Å². The first-order valence-corrected chi connectivity index (χ1v) is 10.8. The number of nitrogens with zero attached hydrogens (tertiary/aromatic N) is 2. The lowest BCUT2D eigenvalue weighted by Crippen LogP contribution is -2.24. The quantitative estimate of drug-likeness (QED) is 0.699. The van der Waals surface area contributed by atoms with E-state index in [-0.39, 0.29) is 10.8 Å². The summed E-state index contributed by atoms with van der Waals surface area (Å²) in [5.74, 6) is -0.235. The van der Waals surface area contributed by atoms with Gasteiger partial charge in [0.15, 0.2) is 0 Å². The molecule has 0 heterocycles. The van der Waals surface area contributed by atoms with Crippen molar-refractivity contribution in [3.63, 3.8) is 0 Å². The predicted molar refractivity (Wildman–Crippen MR) is 112 cm³/mol. The molecule has 0 unspecified atom stereocenters. The zero-order valence-electron chi connectivity index (χ0n) is 17.0. The van der Waals surface area contributed by atoms with Crippen LogP contribution < -0.4 is 5.32 Å². The largest absolute Gasteiger partial charge is 0.348 e. The second-order valence-corrected chi connectivity index (χ2v) is 8.92. The topological polar surface area (TPSA) is 69.7 Å². The van der Waals surface area contributed by atoms with Crippen LogP contribution in [0.5, 0.6) is 0 Å². The molecular weight excluding hydrogens is 374 g/mol. The summed E-state index contributed by atoms with van der Waals surface area (Å²) >= 11 is 0. The smallest absolute Gasteiger partial charge is 0.251 e. The summed E-state index contributed by atoms with van der Waals surface area (Å²) in [5, 5.41) is 2.87. The molecule has 0 aliphatic heterocycles. The molecule has 7 heteroatoms. The lowest BCUT2D eigenvalue weighted by Gasteiger charge is -2.18. The second kappa shape index (κ2) is 9.82. The molecule has 152 valence electrons. The van der Waals surface area contributed by atoms with E-state index in [1.54, 1.807) is 0 Å². The third-order valence-electron chi connectivity index (χ3n) is 4.67. The highest BCUT2D eigenvalue weighted by Gasteiger charge is 2.17. The molecule has 0 saturated carbocycles. The minimum Gasteiger partial charge on any atom is -0.348 e. The van der Waals surface area contributed by atoms with Gasteiger partial charge >= 0.3 is 0 Å². The van der Waals surface area contributed by atoms with Crippen molar-refractivity contribution < 1.29 is 13.2 Å². The highest BCUT2D eigenvalue weighted by atomic mass is 32.2.